The summed E-state index contributed by atoms with van der Waals surface area (Å²) >= 11 is 1.31. The summed E-state index contributed by atoms with van der Waals surface area (Å²) in [7, 11) is 4.42. The molecular formula is C18H19NO5S. The van der Waals surface area contributed by atoms with Crippen molar-refractivity contribution in [3.8, 4) is 11.5 Å². The number of anilines is 1. The molecule has 0 saturated carbocycles. The second-order valence-electron chi connectivity index (χ2n) is 5.02. The van der Waals surface area contributed by atoms with Crippen LogP contribution >= 0.6 is 11.3 Å². The van der Waals surface area contributed by atoms with Gasteiger partial charge in [-0.3, -0.25) is 4.79 Å². The summed E-state index contributed by atoms with van der Waals surface area (Å²) in [6.45, 7) is 1.85. The predicted molar refractivity (Wildman–Crippen MR) is 97.6 cm³/mol. The maximum absolute atomic E-state index is 12.2. The molecule has 0 bridgehead atoms. The molecule has 0 atom stereocenters. The minimum Gasteiger partial charge on any atom is -0.497 e. The molecule has 1 N–H and O–H groups in total. The van der Waals surface area contributed by atoms with Crippen LogP contribution in [0.1, 0.15) is 20.8 Å². The number of thiophene rings is 1. The third kappa shape index (κ3) is 4.60. The minimum atomic E-state index is -0.488. The van der Waals surface area contributed by atoms with Gasteiger partial charge in [-0.25, -0.2) is 4.79 Å². The van der Waals surface area contributed by atoms with Gasteiger partial charge in [-0.05, 0) is 37.3 Å². The van der Waals surface area contributed by atoms with E-state index in [9.17, 15) is 9.59 Å². The zero-order valence-electron chi connectivity index (χ0n) is 14.4. The van der Waals surface area contributed by atoms with E-state index in [0.29, 0.717) is 27.6 Å². The van der Waals surface area contributed by atoms with E-state index in [0.717, 1.165) is 4.88 Å². The number of carbonyl (C=O) groups is 2. The molecule has 132 valence electrons. The van der Waals surface area contributed by atoms with Crippen LogP contribution < -0.4 is 14.8 Å². The average Bonchev–Trinajstić information content (AvgIpc) is 2.99. The molecule has 2 rings (SSSR count). The number of benzene rings is 1. The highest BCUT2D eigenvalue weighted by Gasteiger charge is 2.16. The van der Waals surface area contributed by atoms with E-state index < -0.39 is 5.97 Å². The van der Waals surface area contributed by atoms with E-state index in [4.69, 9.17) is 14.2 Å². The van der Waals surface area contributed by atoms with Crippen LogP contribution in [0.3, 0.4) is 0 Å². The van der Waals surface area contributed by atoms with Crippen LogP contribution in [0.2, 0.25) is 0 Å². The first-order valence-electron chi connectivity index (χ1n) is 7.38. The molecule has 0 aliphatic rings. The van der Waals surface area contributed by atoms with E-state index in [1.165, 1.54) is 24.5 Å². The molecule has 1 aromatic heterocycles. The van der Waals surface area contributed by atoms with Crippen LogP contribution in [0, 0.1) is 6.92 Å². The lowest BCUT2D eigenvalue weighted by Gasteiger charge is -2.07. The lowest BCUT2D eigenvalue weighted by molar-refractivity contribution is -0.111. The number of nitrogens with one attached hydrogen (secondary N) is 1. The predicted octanol–water partition coefficient (Wildman–Crippen LogP) is 3.51. The highest BCUT2D eigenvalue weighted by Crippen LogP contribution is 2.28. The molecule has 6 nitrogen and oxygen atoms in total. The maximum atomic E-state index is 12.2. The van der Waals surface area contributed by atoms with Gasteiger partial charge in [-0.2, -0.15) is 0 Å². The van der Waals surface area contributed by atoms with Gasteiger partial charge in [0.2, 0.25) is 5.91 Å². The fourth-order valence-electron chi connectivity index (χ4n) is 2.16. The largest absolute Gasteiger partial charge is 0.497 e. The maximum Gasteiger partial charge on any atom is 0.340 e. The Hall–Kier alpha value is -2.80. The molecular weight excluding hydrogens is 342 g/mol. The van der Waals surface area contributed by atoms with Crippen LogP contribution in [0.5, 0.6) is 11.5 Å². The quantitative estimate of drug-likeness (QED) is 0.629. The fourth-order valence-corrected chi connectivity index (χ4v) is 3.06. The zero-order chi connectivity index (χ0) is 18.4. The van der Waals surface area contributed by atoms with Crippen molar-refractivity contribution in [1.82, 2.24) is 0 Å². The molecule has 0 spiro atoms. The molecule has 0 aliphatic carbocycles. The number of rotatable bonds is 6. The summed E-state index contributed by atoms with van der Waals surface area (Å²) in [5.41, 5.74) is 1.04. The number of carbonyl (C=O) groups excluding carboxylic acids is 2. The van der Waals surface area contributed by atoms with E-state index in [2.05, 4.69) is 5.32 Å². The standard InChI is InChI=1S/C18H19NO5S/c1-11-9-14(18(21)24-4)17(25-11)19-16(20)8-5-12-10-13(22-2)6-7-15(12)23-3/h5-10H,1-4H3,(H,19,20)/b8-5+. The number of amides is 1. The highest BCUT2D eigenvalue weighted by molar-refractivity contribution is 7.16. The average molecular weight is 361 g/mol. The second kappa shape index (κ2) is 8.34. The van der Waals surface area contributed by atoms with Crippen molar-refractivity contribution in [2.45, 2.75) is 6.92 Å². The number of methoxy groups -OCH3 is 3. The number of esters is 1. The zero-order valence-corrected chi connectivity index (χ0v) is 15.2. The molecule has 2 aromatic rings. The Kier molecular flexibility index (Phi) is 6.19. The smallest absolute Gasteiger partial charge is 0.340 e. The van der Waals surface area contributed by atoms with Gasteiger partial charge in [0, 0.05) is 16.5 Å². The van der Waals surface area contributed by atoms with Crippen molar-refractivity contribution < 1.29 is 23.8 Å². The van der Waals surface area contributed by atoms with Gasteiger partial charge >= 0.3 is 5.97 Å². The number of ether oxygens (including phenoxy) is 3. The lowest BCUT2D eigenvalue weighted by Crippen LogP contribution is -2.10. The Balaban J connectivity index is 2.18. The Morgan fingerprint density at radius 3 is 2.52 bits per heavy atom. The topological polar surface area (TPSA) is 73.9 Å². The summed E-state index contributed by atoms with van der Waals surface area (Å²) in [5.74, 6) is 0.421. The van der Waals surface area contributed by atoms with Gasteiger partial charge < -0.3 is 19.5 Å². The summed E-state index contributed by atoms with van der Waals surface area (Å²) in [6, 6.07) is 6.97. The molecule has 0 aliphatic heterocycles. The monoisotopic (exact) mass is 361 g/mol. The Morgan fingerprint density at radius 2 is 1.88 bits per heavy atom. The number of hydrogen-bond donors (Lipinski definition) is 1. The van der Waals surface area contributed by atoms with Gasteiger partial charge in [0.1, 0.15) is 16.5 Å². The Bertz CT molecular complexity index is 810. The molecule has 0 saturated heterocycles. The third-order valence-electron chi connectivity index (χ3n) is 3.35. The summed E-state index contributed by atoms with van der Waals surface area (Å²) in [4.78, 5) is 24.8. The lowest BCUT2D eigenvalue weighted by atomic mass is 10.1. The van der Waals surface area contributed by atoms with Gasteiger partial charge in [-0.1, -0.05) is 0 Å². The Labute approximate surface area is 150 Å². The minimum absolute atomic E-state index is 0.339. The van der Waals surface area contributed by atoms with Crippen LogP contribution in [-0.2, 0) is 9.53 Å². The molecule has 0 unspecified atom stereocenters. The van der Waals surface area contributed by atoms with Crippen LogP contribution in [-0.4, -0.2) is 33.2 Å². The number of aryl methyl sites for hydroxylation is 1. The molecule has 1 amide bonds. The van der Waals surface area contributed by atoms with Gasteiger partial charge in [0.25, 0.3) is 0 Å². The summed E-state index contributed by atoms with van der Waals surface area (Å²) < 4.78 is 15.2. The SMILES string of the molecule is COC(=O)c1cc(C)sc1NC(=O)/C=C/c1cc(OC)ccc1OC. The first-order valence-corrected chi connectivity index (χ1v) is 8.20. The van der Waals surface area contributed by atoms with Crippen LogP contribution in [0.4, 0.5) is 5.00 Å². The van der Waals surface area contributed by atoms with Gasteiger partial charge in [-0.15, -0.1) is 11.3 Å². The van der Waals surface area contributed by atoms with Crippen molar-refractivity contribution in [2.24, 2.45) is 0 Å². The molecule has 7 heteroatoms. The second-order valence-corrected chi connectivity index (χ2v) is 6.28. The van der Waals surface area contributed by atoms with Crippen molar-refractivity contribution >= 4 is 34.3 Å². The fraction of sp³-hybridized carbons (Fsp3) is 0.222. The molecule has 25 heavy (non-hydrogen) atoms. The number of hydrogen-bond acceptors (Lipinski definition) is 6. The van der Waals surface area contributed by atoms with Crippen LogP contribution in [0.25, 0.3) is 6.08 Å². The molecule has 0 fully saturated rings. The molecule has 1 heterocycles. The molecule has 0 radical (unpaired) electrons. The van der Waals surface area contributed by atoms with Crippen molar-refractivity contribution in [3.05, 3.63) is 46.3 Å². The van der Waals surface area contributed by atoms with E-state index in [-0.39, 0.29) is 5.91 Å². The first-order chi connectivity index (χ1) is 12.0. The normalized spacial score (nSPS) is 10.6. The highest BCUT2D eigenvalue weighted by atomic mass is 32.1. The first kappa shape index (κ1) is 18.5. The summed E-state index contributed by atoms with van der Waals surface area (Å²) in [6.07, 6.45) is 2.99. The Morgan fingerprint density at radius 1 is 1.12 bits per heavy atom. The van der Waals surface area contributed by atoms with E-state index in [1.54, 1.807) is 44.6 Å². The van der Waals surface area contributed by atoms with Crippen molar-refractivity contribution in [2.75, 3.05) is 26.6 Å². The van der Waals surface area contributed by atoms with Gasteiger partial charge in [0.15, 0.2) is 0 Å². The van der Waals surface area contributed by atoms with Crippen molar-refractivity contribution in [3.63, 3.8) is 0 Å². The van der Waals surface area contributed by atoms with E-state index >= 15 is 0 Å². The van der Waals surface area contributed by atoms with Crippen LogP contribution in [0.15, 0.2) is 30.3 Å². The van der Waals surface area contributed by atoms with E-state index in [1.807, 2.05) is 6.92 Å². The summed E-state index contributed by atoms with van der Waals surface area (Å²) in [5, 5.41) is 3.16. The van der Waals surface area contributed by atoms with Crippen molar-refractivity contribution in [1.29, 1.82) is 0 Å². The third-order valence-corrected chi connectivity index (χ3v) is 4.31. The molecule has 1 aromatic carbocycles. The van der Waals surface area contributed by atoms with Gasteiger partial charge in [0.05, 0.1) is 26.9 Å².